The molecule has 0 aliphatic rings. The number of ether oxygens (including phenoxy) is 4. The Labute approximate surface area is 372 Å². The summed E-state index contributed by atoms with van der Waals surface area (Å²) in [5.74, 6) is 0.700. The minimum atomic E-state index is -3.38. The number of aryl methyl sites for hydroxylation is 1. The smallest absolute Gasteiger partial charge is 0.338 e. The number of amides is 1. The monoisotopic (exact) mass is 958 g/mol. The molecule has 2 N–H and O–H groups in total. The molecule has 340 valence electrons. The summed E-state index contributed by atoms with van der Waals surface area (Å²) in [6.45, 7) is 3.92. The number of hydrogen-bond donors (Lipinski definition) is 2. The van der Waals surface area contributed by atoms with Crippen LogP contribution in [-0.2, 0) is 57.8 Å². The fourth-order valence-electron chi connectivity index (χ4n) is 5.35. The van der Waals surface area contributed by atoms with Crippen molar-refractivity contribution in [1.82, 2.24) is 25.2 Å². The average Bonchev–Trinajstić information content (AvgIpc) is 3.86. The van der Waals surface area contributed by atoms with Gasteiger partial charge in [-0.05, 0) is 97.1 Å². The predicted molar refractivity (Wildman–Crippen MR) is 233 cm³/mol. The maximum absolute atomic E-state index is 13.2. The highest BCUT2D eigenvalue weighted by Gasteiger charge is 2.26. The molecule has 0 unspecified atom stereocenters. The largest absolute Gasteiger partial charge is 0.508 e. The van der Waals surface area contributed by atoms with Gasteiger partial charge in [-0.1, -0.05) is 0 Å². The minimum absolute atomic E-state index is 0.0205. The number of esters is 1. The van der Waals surface area contributed by atoms with E-state index in [1.807, 2.05) is 0 Å². The van der Waals surface area contributed by atoms with Gasteiger partial charge in [0.15, 0.2) is 30.6 Å². The standard InChI is InChI=1S/C25H29N6O8PS2.C15H14O6S/c1-5-37-40(33,38-6-2)15-18-16-41-25(26-18)27-24(32)17-11-20(36-14-23-28-29-30-31(23)3)13-21(12-17)39-19-7-9-22(10-8-19)42(4,34)35;1-20-15(17)10-7-11(16)9-13(8-10)21-12-3-5-14(6-4-12)22(2,18)19/h7-13,16H,5-6,14-15H2,1-4H3,(H,26,27,32);3-9,16H,1-2H3. The van der Waals surface area contributed by atoms with E-state index in [0.717, 1.165) is 23.8 Å². The molecule has 0 fully saturated rings. The maximum Gasteiger partial charge on any atom is 0.338 e. The Hall–Kier alpha value is -6.23. The molecule has 0 aliphatic carbocycles. The highest BCUT2D eigenvalue weighted by molar-refractivity contribution is 7.91. The van der Waals surface area contributed by atoms with Crippen molar-refractivity contribution < 1.29 is 64.1 Å². The van der Waals surface area contributed by atoms with Crippen LogP contribution < -0.4 is 19.5 Å². The van der Waals surface area contributed by atoms with E-state index in [1.165, 1.54) is 90.7 Å². The van der Waals surface area contributed by atoms with E-state index in [0.29, 0.717) is 28.8 Å². The van der Waals surface area contributed by atoms with Crippen LogP contribution in [0.2, 0.25) is 0 Å². The van der Waals surface area contributed by atoms with Gasteiger partial charge in [-0.25, -0.2) is 31.3 Å². The van der Waals surface area contributed by atoms with Gasteiger partial charge in [0.2, 0.25) is 0 Å². The van der Waals surface area contributed by atoms with Crippen LogP contribution in [0.3, 0.4) is 0 Å². The van der Waals surface area contributed by atoms with Gasteiger partial charge >= 0.3 is 13.6 Å². The van der Waals surface area contributed by atoms with Crippen molar-refractivity contribution in [2.45, 2.75) is 36.4 Å². The summed E-state index contributed by atoms with van der Waals surface area (Å²) in [7, 11) is -7.11. The molecule has 0 atom stereocenters. The van der Waals surface area contributed by atoms with Crippen LogP contribution in [0.15, 0.2) is 100 Å². The van der Waals surface area contributed by atoms with Crippen LogP contribution in [-0.4, -0.2) is 91.8 Å². The number of anilines is 1. The van der Waals surface area contributed by atoms with Crippen LogP contribution in [0.1, 0.15) is 46.1 Å². The van der Waals surface area contributed by atoms with Crippen molar-refractivity contribution in [2.24, 2.45) is 7.05 Å². The molecule has 0 radical (unpaired) electrons. The Morgan fingerprint density at radius 2 is 1.33 bits per heavy atom. The molecule has 24 heteroatoms. The number of rotatable bonds is 18. The summed E-state index contributed by atoms with van der Waals surface area (Å²) in [5.41, 5.74) is 0.791. The first-order valence-electron chi connectivity index (χ1n) is 18.8. The number of thiazole rings is 1. The second-order valence-electron chi connectivity index (χ2n) is 13.3. The minimum Gasteiger partial charge on any atom is -0.508 e. The Balaban J connectivity index is 0.000000294. The van der Waals surface area contributed by atoms with Crippen LogP contribution in [0.25, 0.3) is 0 Å². The van der Waals surface area contributed by atoms with E-state index in [1.54, 1.807) is 32.3 Å². The zero-order valence-electron chi connectivity index (χ0n) is 35.2. The van der Waals surface area contributed by atoms with Crippen molar-refractivity contribution in [3.8, 4) is 34.5 Å². The van der Waals surface area contributed by atoms with Crippen LogP contribution in [0.4, 0.5) is 5.13 Å². The lowest BCUT2D eigenvalue weighted by Crippen LogP contribution is -2.12. The number of methoxy groups -OCH3 is 1. The van der Waals surface area contributed by atoms with Crippen molar-refractivity contribution in [3.05, 3.63) is 113 Å². The summed E-state index contributed by atoms with van der Waals surface area (Å²) in [6, 6.07) is 20.3. The first-order valence-corrected chi connectivity index (χ1v) is 25.2. The summed E-state index contributed by atoms with van der Waals surface area (Å²) < 4.78 is 93.1. The van der Waals surface area contributed by atoms with Crippen molar-refractivity contribution >= 4 is 55.6 Å². The maximum atomic E-state index is 13.2. The zero-order chi connectivity index (χ0) is 46.7. The molecule has 6 rings (SSSR count). The lowest BCUT2D eigenvalue weighted by Gasteiger charge is -2.15. The highest BCUT2D eigenvalue weighted by Crippen LogP contribution is 2.51. The van der Waals surface area contributed by atoms with Gasteiger partial charge < -0.3 is 33.1 Å². The van der Waals surface area contributed by atoms with E-state index < -0.39 is 39.1 Å². The van der Waals surface area contributed by atoms with Crippen molar-refractivity contribution in [3.63, 3.8) is 0 Å². The molecule has 0 saturated heterocycles. The van der Waals surface area contributed by atoms with Gasteiger partial charge in [-0.3, -0.25) is 14.7 Å². The van der Waals surface area contributed by atoms with E-state index in [2.05, 4.69) is 30.6 Å². The Bertz CT molecular complexity index is 2840. The second kappa shape index (κ2) is 21.4. The third-order valence-electron chi connectivity index (χ3n) is 8.29. The molecule has 6 aromatic rings. The van der Waals surface area contributed by atoms with Gasteiger partial charge in [0.1, 0.15) is 41.1 Å². The number of nitrogens with zero attached hydrogens (tertiary/aromatic N) is 5. The molecule has 4 aromatic carbocycles. The Morgan fingerprint density at radius 1 is 0.781 bits per heavy atom. The number of carbonyl (C=O) groups is 2. The number of aromatic nitrogens is 5. The zero-order valence-corrected chi connectivity index (χ0v) is 38.5. The molecular weight excluding hydrogens is 916 g/mol. The summed E-state index contributed by atoms with van der Waals surface area (Å²) >= 11 is 1.16. The number of carbonyl (C=O) groups excluding carboxylic acids is 2. The fraction of sp³-hybridized carbons (Fsp3) is 0.250. The third-order valence-corrected chi connectivity index (χ3v) is 13.4. The van der Waals surface area contributed by atoms with Gasteiger partial charge in [-0.2, -0.15) is 0 Å². The quantitative estimate of drug-likeness (QED) is 0.0660. The lowest BCUT2D eigenvalue weighted by molar-refractivity contribution is 0.0599. The summed E-state index contributed by atoms with van der Waals surface area (Å²) in [5, 5.41) is 25.5. The van der Waals surface area contributed by atoms with E-state index in [-0.39, 0.29) is 69.3 Å². The number of phenols is 1. The van der Waals surface area contributed by atoms with Crippen LogP contribution in [0, 0.1) is 0 Å². The molecule has 1 amide bonds. The molecule has 0 spiro atoms. The van der Waals surface area contributed by atoms with Gasteiger partial charge in [0.25, 0.3) is 5.91 Å². The number of aromatic hydroxyl groups is 1. The number of phenolic OH excluding ortho intramolecular Hbond substituents is 1. The summed E-state index contributed by atoms with van der Waals surface area (Å²) in [4.78, 5) is 29.4. The third kappa shape index (κ3) is 14.1. The van der Waals surface area contributed by atoms with Crippen LogP contribution in [0.5, 0.6) is 34.5 Å². The Kier molecular flexibility index (Phi) is 16.3. The number of sulfone groups is 2. The molecule has 0 bridgehead atoms. The molecule has 0 saturated carbocycles. The van der Waals surface area contributed by atoms with Crippen LogP contribution >= 0.6 is 18.9 Å². The molecule has 0 aliphatic heterocycles. The summed E-state index contributed by atoms with van der Waals surface area (Å²) in [6.07, 6.45) is 2.20. The normalized spacial score (nSPS) is 11.5. The van der Waals surface area contributed by atoms with E-state index in [9.17, 15) is 36.1 Å². The van der Waals surface area contributed by atoms with Gasteiger partial charge in [-0.15, -0.1) is 16.4 Å². The van der Waals surface area contributed by atoms with Crippen molar-refractivity contribution in [1.29, 1.82) is 0 Å². The van der Waals surface area contributed by atoms with Gasteiger partial charge in [0, 0.05) is 42.6 Å². The first-order chi connectivity index (χ1) is 30.3. The topological polar surface area (TPSA) is 264 Å². The first kappa shape index (κ1) is 48.8. The number of nitrogens with one attached hydrogen (secondary N) is 1. The highest BCUT2D eigenvalue weighted by atomic mass is 32.2. The average molecular weight is 959 g/mol. The predicted octanol–water partition coefficient (Wildman–Crippen LogP) is 6.83. The molecule has 64 heavy (non-hydrogen) atoms. The van der Waals surface area contributed by atoms with E-state index in [4.69, 9.17) is 23.3 Å². The SMILES string of the molecule is CCOP(=O)(Cc1csc(NC(=O)c2cc(OCc3nnnn3C)cc(Oc3ccc(S(C)(=O)=O)cc3)c2)n1)OCC.COC(=O)c1cc(O)cc(Oc2ccc(S(C)(=O)=O)cc2)c1. The molecule has 2 heterocycles. The van der Waals surface area contributed by atoms with Gasteiger partial charge in [0.05, 0.1) is 47.5 Å². The number of hydrogen-bond acceptors (Lipinski definition) is 19. The molecular formula is C40H43N6O14PS3. The number of benzene rings is 4. The Morgan fingerprint density at radius 3 is 1.84 bits per heavy atom. The lowest BCUT2D eigenvalue weighted by atomic mass is 10.2. The second-order valence-corrected chi connectivity index (χ2v) is 20.2. The number of tetrazole rings is 1. The van der Waals surface area contributed by atoms with E-state index >= 15 is 0 Å². The van der Waals surface area contributed by atoms with Crippen molar-refractivity contribution in [2.75, 3.05) is 38.2 Å². The molecule has 20 nitrogen and oxygen atoms in total. The molecule has 2 aromatic heterocycles. The fourth-order valence-corrected chi connectivity index (χ4v) is 9.04.